The van der Waals surface area contributed by atoms with Crippen molar-refractivity contribution in [2.24, 2.45) is 13.0 Å². The average Bonchev–Trinajstić information content (AvgIpc) is 2.63. The van der Waals surface area contributed by atoms with Crippen molar-refractivity contribution >= 4 is 16.8 Å². The number of fused-ring (bicyclic) bond motifs is 1. The van der Waals surface area contributed by atoms with Gasteiger partial charge in [0.1, 0.15) is 6.54 Å². The summed E-state index contributed by atoms with van der Waals surface area (Å²) in [5, 5.41) is 3.61. The first-order chi connectivity index (χ1) is 9.66. The lowest BCUT2D eigenvalue weighted by Gasteiger charge is -2.25. The maximum atomic E-state index is 12.1. The zero-order valence-electron chi connectivity index (χ0n) is 11.6. The summed E-state index contributed by atoms with van der Waals surface area (Å²) in [6, 6.07) is 7.38. The van der Waals surface area contributed by atoms with Crippen molar-refractivity contribution in [1.82, 2.24) is 14.7 Å². The van der Waals surface area contributed by atoms with E-state index in [0.29, 0.717) is 11.3 Å². The molecule has 0 saturated heterocycles. The quantitative estimate of drug-likeness (QED) is 0.911. The number of benzene rings is 1. The number of carbonyl (C=O) groups is 1. The van der Waals surface area contributed by atoms with Gasteiger partial charge in [-0.1, -0.05) is 18.6 Å². The van der Waals surface area contributed by atoms with Crippen LogP contribution in [0.2, 0.25) is 0 Å². The van der Waals surface area contributed by atoms with Gasteiger partial charge in [0.2, 0.25) is 5.91 Å². The molecule has 106 valence electrons. The number of carbonyl (C=O) groups excluding carboxylic acids is 1. The second-order valence-corrected chi connectivity index (χ2v) is 5.50. The van der Waals surface area contributed by atoms with E-state index >= 15 is 0 Å². The van der Waals surface area contributed by atoms with E-state index in [-0.39, 0.29) is 18.0 Å². The highest BCUT2D eigenvalue weighted by Gasteiger charge is 2.18. The molecule has 0 spiro atoms. The fraction of sp³-hybridized carbons (Fsp3) is 0.467. The fourth-order valence-corrected chi connectivity index (χ4v) is 2.66. The molecular formula is C15H19N3O2. The van der Waals surface area contributed by atoms with Crippen molar-refractivity contribution < 1.29 is 4.79 Å². The van der Waals surface area contributed by atoms with E-state index in [9.17, 15) is 9.59 Å². The van der Waals surface area contributed by atoms with Crippen LogP contribution in [0.15, 0.2) is 29.1 Å². The van der Waals surface area contributed by atoms with E-state index in [1.165, 1.54) is 23.9 Å². The highest BCUT2D eigenvalue weighted by molar-refractivity contribution is 5.82. The molecule has 3 rings (SSSR count). The number of rotatable bonds is 4. The molecular weight excluding hydrogens is 254 g/mol. The molecule has 5 heteroatoms. The summed E-state index contributed by atoms with van der Waals surface area (Å²) in [6.45, 7) is 0.942. The van der Waals surface area contributed by atoms with Gasteiger partial charge in [0.05, 0.1) is 10.9 Å². The lowest BCUT2D eigenvalue weighted by atomic mass is 9.85. The van der Waals surface area contributed by atoms with Gasteiger partial charge in [-0.05, 0) is 30.9 Å². The molecule has 20 heavy (non-hydrogen) atoms. The smallest absolute Gasteiger partial charge is 0.274 e. The summed E-state index contributed by atoms with van der Waals surface area (Å²) in [7, 11) is 1.70. The van der Waals surface area contributed by atoms with Gasteiger partial charge in [0.15, 0.2) is 0 Å². The van der Waals surface area contributed by atoms with Crippen molar-refractivity contribution in [3.8, 4) is 0 Å². The lowest BCUT2D eigenvalue weighted by molar-refractivity contribution is -0.122. The monoisotopic (exact) mass is 273 g/mol. The average molecular weight is 273 g/mol. The van der Waals surface area contributed by atoms with E-state index in [4.69, 9.17) is 0 Å². The summed E-state index contributed by atoms with van der Waals surface area (Å²) in [5.74, 6) is 0.609. The number of nitrogens with zero attached hydrogens (tertiary/aromatic N) is 2. The van der Waals surface area contributed by atoms with Crippen LogP contribution in [0.3, 0.4) is 0 Å². The SMILES string of the molecule is Cn1c(=O)c2ccccc2n1CC(=O)NCC1CCC1. The maximum Gasteiger partial charge on any atom is 0.274 e. The van der Waals surface area contributed by atoms with Gasteiger partial charge in [0, 0.05) is 13.6 Å². The second-order valence-electron chi connectivity index (χ2n) is 5.50. The summed E-state index contributed by atoms with van der Waals surface area (Å²) < 4.78 is 3.24. The van der Waals surface area contributed by atoms with E-state index in [0.717, 1.165) is 12.1 Å². The zero-order valence-corrected chi connectivity index (χ0v) is 11.6. The lowest BCUT2D eigenvalue weighted by Crippen LogP contribution is -2.35. The van der Waals surface area contributed by atoms with Crippen LogP contribution in [0.4, 0.5) is 0 Å². The Morgan fingerprint density at radius 2 is 2.10 bits per heavy atom. The van der Waals surface area contributed by atoms with E-state index in [1.54, 1.807) is 17.8 Å². The molecule has 2 aromatic rings. The van der Waals surface area contributed by atoms with E-state index < -0.39 is 0 Å². The molecule has 1 N–H and O–H groups in total. The van der Waals surface area contributed by atoms with Gasteiger partial charge in [-0.15, -0.1) is 0 Å². The molecule has 0 radical (unpaired) electrons. The number of hydrogen-bond donors (Lipinski definition) is 1. The van der Waals surface area contributed by atoms with Crippen LogP contribution in [0.1, 0.15) is 19.3 Å². The van der Waals surface area contributed by atoms with Crippen LogP contribution in [0, 0.1) is 5.92 Å². The molecule has 0 atom stereocenters. The third-order valence-corrected chi connectivity index (χ3v) is 4.17. The molecule has 1 aromatic heterocycles. The Kier molecular flexibility index (Phi) is 3.34. The first-order valence-corrected chi connectivity index (χ1v) is 7.08. The second kappa shape index (κ2) is 5.15. The van der Waals surface area contributed by atoms with Crippen molar-refractivity contribution in [2.45, 2.75) is 25.8 Å². The summed E-state index contributed by atoms with van der Waals surface area (Å²) >= 11 is 0. The Labute approximate surface area is 117 Å². The molecule has 1 aliphatic carbocycles. The van der Waals surface area contributed by atoms with Gasteiger partial charge in [-0.3, -0.25) is 19.0 Å². The largest absolute Gasteiger partial charge is 0.354 e. The minimum atomic E-state index is -0.0626. The molecule has 0 bridgehead atoms. The fourth-order valence-electron chi connectivity index (χ4n) is 2.66. The van der Waals surface area contributed by atoms with Crippen LogP contribution in [0.25, 0.3) is 10.9 Å². The number of nitrogens with one attached hydrogen (secondary N) is 1. The normalized spacial score (nSPS) is 15.2. The van der Waals surface area contributed by atoms with Crippen LogP contribution < -0.4 is 10.9 Å². The van der Waals surface area contributed by atoms with Crippen molar-refractivity contribution in [1.29, 1.82) is 0 Å². The Morgan fingerprint density at radius 1 is 1.35 bits per heavy atom. The molecule has 0 unspecified atom stereocenters. The number of aromatic nitrogens is 2. The molecule has 1 aliphatic rings. The van der Waals surface area contributed by atoms with Crippen LogP contribution in [-0.4, -0.2) is 21.8 Å². The minimum absolute atomic E-state index is 0.0340. The summed E-state index contributed by atoms with van der Waals surface area (Å²) in [6.07, 6.45) is 3.70. The first-order valence-electron chi connectivity index (χ1n) is 7.08. The van der Waals surface area contributed by atoms with Crippen molar-refractivity contribution in [2.75, 3.05) is 6.54 Å². The molecule has 1 heterocycles. The number of amides is 1. The number of para-hydroxylation sites is 1. The summed E-state index contributed by atoms with van der Waals surface area (Å²) in [4.78, 5) is 24.1. The van der Waals surface area contributed by atoms with E-state index in [1.807, 2.05) is 18.2 Å². The Hall–Kier alpha value is -2.04. The van der Waals surface area contributed by atoms with Crippen molar-refractivity contribution in [3.05, 3.63) is 34.6 Å². The van der Waals surface area contributed by atoms with Gasteiger partial charge < -0.3 is 5.32 Å². The van der Waals surface area contributed by atoms with Gasteiger partial charge >= 0.3 is 0 Å². The topological polar surface area (TPSA) is 56.0 Å². The van der Waals surface area contributed by atoms with Gasteiger partial charge in [-0.2, -0.15) is 0 Å². The Morgan fingerprint density at radius 3 is 2.80 bits per heavy atom. The zero-order chi connectivity index (χ0) is 14.1. The van der Waals surface area contributed by atoms with Gasteiger partial charge in [-0.25, -0.2) is 0 Å². The number of hydrogen-bond acceptors (Lipinski definition) is 2. The van der Waals surface area contributed by atoms with Crippen LogP contribution in [-0.2, 0) is 18.4 Å². The highest BCUT2D eigenvalue weighted by atomic mass is 16.2. The third kappa shape index (κ3) is 2.24. The first kappa shape index (κ1) is 13.0. The molecule has 0 aliphatic heterocycles. The molecule has 1 saturated carbocycles. The summed E-state index contributed by atoms with van der Waals surface area (Å²) in [5.41, 5.74) is 0.742. The van der Waals surface area contributed by atoms with Crippen LogP contribution in [0.5, 0.6) is 0 Å². The van der Waals surface area contributed by atoms with Gasteiger partial charge in [0.25, 0.3) is 5.56 Å². The predicted molar refractivity (Wildman–Crippen MR) is 77.5 cm³/mol. The van der Waals surface area contributed by atoms with Crippen LogP contribution >= 0.6 is 0 Å². The minimum Gasteiger partial charge on any atom is -0.354 e. The molecule has 1 aromatic carbocycles. The van der Waals surface area contributed by atoms with E-state index in [2.05, 4.69) is 5.32 Å². The maximum absolute atomic E-state index is 12.1. The highest BCUT2D eigenvalue weighted by Crippen LogP contribution is 2.25. The predicted octanol–water partition coefficient (Wildman–Crippen LogP) is 1.26. The molecule has 5 nitrogen and oxygen atoms in total. The Balaban J connectivity index is 1.78. The standard InChI is InChI=1S/C15H19N3O2/c1-17-15(20)12-7-2-3-8-13(12)18(17)10-14(19)16-9-11-5-4-6-11/h2-3,7-8,11H,4-6,9-10H2,1H3,(H,16,19). The molecule has 1 fully saturated rings. The molecule has 1 amide bonds. The third-order valence-electron chi connectivity index (χ3n) is 4.17. The van der Waals surface area contributed by atoms with Crippen molar-refractivity contribution in [3.63, 3.8) is 0 Å². The Bertz CT molecular complexity index is 695.